The molecule has 0 fully saturated rings. The van der Waals surface area contributed by atoms with Gasteiger partial charge < -0.3 is 15.6 Å². The number of anilines is 1. The Morgan fingerprint density at radius 1 is 1.21 bits per heavy atom. The minimum atomic E-state index is -0.458. The highest BCUT2D eigenvalue weighted by Crippen LogP contribution is 2.38. The van der Waals surface area contributed by atoms with Crippen molar-refractivity contribution in [3.63, 3.8) is 0 Å². The summed E-state index contributed by atoms with van der Waals surface area (Å²) in [4.78, 5) is 26.7. The maximum absolute atomic E-state index is 13.3. The molecule has 1 aliphatic rings. The van der Waals surface area contributed by atoms with Gasteiger partial charge in [0.1, 0.15) is 10.7 Å². The molecule has 0 spiro atoms. The van der Waals surface area contributed by atoms with Crippen molar-refractivity contribution in [1.29, 1.82) is 0 Å². The lowest BCUT2D eigenvalue weighted by atomic mass is 9.95. The van der Waals surface area contributed by atoms with Crippen molar-refractivity contribution in [2.45, 2.75) is 59.4 Å². The zero-order chi connectivity index (χ0) is 20.7. The fourth-order valence-corrected chi connectivity index (χ4v) is 5.78. The van der Waals surface area contributed by atoms with E-state index in [-0.39, 0.29) is 5.91 Å². The van der Waals surface area contributed by atoms with Crippen molar-refractivity contribution in [3.05, 3.63) is 51.0 Å². The summed E-state index contributed by atoms with van der Waals surface area (Å²) in [5.41, 5.74) is 11.2. The molecular weight excluding hydrogens is 382 g/mol. The Morgan fingerprint density at radius 2 is 1.97 bits per heavy atom. The van der Waals surface area contributed by atoms with Crippen LogP contribution in [0.2, 0.25) is 0 Å². The van der Waals surface area contributed by atoms with Crippen molar-refractivity contribution in [3.8, 4) is 0 Å². The van der Waals surface area contributed by atoms with E-state index in [1.165, 1.54) is 21.8 Å². The molecule has 4 rings (SSSR count). The van der Waals surface area contributed by atoms with Gasteiger partial charge in [0.25, 0.3) is 11.8 Å². The molecule has 6 heteroatoms. The molecule has 0 unspecified atom stereocenters. The highest BCUT2D eigenvalue weighted by Gasteiger charge is 2.27. The Bertz CT molecular complexity index is 1120. The summed E-state index contributed by atoms with van der Waals surface area (Å²) < 4.78 is 2.05. The number of thiophene rings is 1. The first-order chi connectivity index (χ1) is 14.0. The molecule has 0 aliphatic heterocycles. The van der Waals surface area contributed by atoms with Crippen LogP contribution in [0.25, 0.3) is 10.9 Å². The first-order valence-corrected chi connectivity index (χ1v) is 11.1. The predicted octanol–water partition coefficient (Wildman–Crippen LogP) is 4.82. The van der Waals surface area contributed by atoms with Crippen LogP contribution in [-0.4, -0.2) is 16.4 Å². The molecule has 5 nitrogen and oxygen atoms in total. The van der Waals surface area contributed by atoms with Crippen molar-refractivity contribution >= 4 is 39.1 Å². The van der Waals surface area contributed by atoms with E-state index in [4.69, 9.17) is 5.73 Å². The summed E-state index contributed by atoms with van der Waals surface area (Å²) in [5, 5.41) is 4.73. The third kappa shape index (κ3) is 3.25. The van der Waals surface area contributed by atoms with Crippen molar-refractivity contribution < 1.29 is 9.59 Å². The number of nitrogens with zero attached hydrogens (tertiary/aromatic N) is 1. The van der Waals surface area contributed by atoms with E-state index in [9.17, 15) is 9.59 Å². The molecule has 2 aromatic heterocycles. The molecule has 0 atom stereocenters. The molecule has 2 amide bonds. The van der Waals surface area contributed by atoms with Crippen LogP contribution in [0.3, 0.4) is 0 Å². The van der Waals surface area contributed by atoms with Crippen LogP contribution >= 0.6 is 11.3 Å². The van der Waals surface area contributed by atoms with Crippen LogP contribution in [0.15, 0.2) is 18.2 Å². The summed E-state index contributed by atoms with van der Waals surface area (Å²) in [6, 6.07) is 6.39. The van der Waals surface area contributed by atoms with Gasteiger partial charge in [-0.15, -0.1) is 11.3 Å². The summed E-state index contributed by atoms with van der Waals surface area (Å²) in [5.74, 6) is -0.639. The fourth-order valence-electron chi connectivity index (χ4n) is 4.49. The average molecular weight is 410 g/mol. The molecule has 0 bridgehead atoms. The standard InChI is InChI=1S/C23H27N3O2S/c1-4-14-10-11-17-16(12-14)13(3)20(26(17)5-2)22(28)25-23-19(21(24)27)15-8-6-7-9-18(15)29-23/h10-12H,4-9H2,1-3H3,(H2,24,27)(H,25,28). The number of aromatic nitrogens is 1. The number of fused-ring (bicyclic) bond motifs is 2. The molecular formula is C23H27N3O2S. The normalized spacial score (nSPS) is 13.5. The van der Waals surface area contributed by atoms with E-state index in [0.29, 0.717) is 22.8 Å². The van der Waals surface area contributed by atoms with Crippen LogP contribution in [0.4, 0.5) is 5.00 Å². The van der Waals surface area contributed by atoms with Crippen LogP contribution in [0.5, 0.6) is 0 Å². The number of aryl methyl sites for hydroxylation is 4. The highest BCUT2D eigenvalue weighted by atomic mass is 32.1. The topological polar surface area (TPSA) is 77.1 Å². The van der Waals surface area contributed by atoms with Crippen LogP contribution in [-0.2, 0) is 25.8 Å². The van der Waals surface area contributed by atoms with Crippen LogP contribution in [0.1, 0.15) is 69.1 Å². The first-order valence-electron chi connectivity index (χ1n) is 10.3. The number of hydrogen-bond donors (Lipinski definition) is 2. The second-order valence-electron chi connectivity index (χ2n) is 7.66. The van der Waals surface area contributed by atoms with Gasteiger partial charge in [-0.05, 0) is 74.8 Å². The number of carbonyl (C=O) groups is 2. The van der Waals surface area contributed by atoms with E-state index >= 15 is 0 Å². The Morgan fingerprint density at radius 3 is 2.66 bits per heavy atom. The largest absolute Gasteiger partial charge is 0.365 e. The fraction of sp³-hybridized carbons (Fsp3) is 0.391. The maximum Gasteiger partial charge on any atom is 0.273 e. The number of nitrogens with two attached hydrogens (primary N) is 1. The summed E-state index contributed by atoms with van der Waals surface area (Å²) >= 11 is 1.50. The van der Waals surface area contributed by atoms with Crippen LogP contribution < -0.4 is 11.1 Å². The molecule has 3 N–H and O–H groups in total. The van der Waals surface area contributed by atoms with Gasteiger partial charge in [-0.3, -0.25) is 9.59 Å². The molecule has 152 valence electrons. The maximum atomic E-state index is 13.3. The summed E-state index contributed by atoms with van der Waals surface area (Å²) in [6.45, 7) is 6.87. The van der Waals surface area contributed by atoms with E-state index < -0.39 is 5.91 Å². The van der Waals surface area contributed by atoms with Gasteiger partial charge >= 0.3 is 0 Å². The van der Waals surface area contributed by atoms with Gasteiger partial charge in [0.15, 0.2) is 0 Å². The van der Waals surface area contributed by atoms with E-state index in [0.717, 1.165) is 54.1 Å². The molecule has 0 saturated heterocycles. The number of benzene rings is 1. The SMILES string of the molecule is CCc1ccc2c(c1)c(C)c(C(=O)Nc1sc3c(c1C(N)=O)CCCC3)n2CC. The molecule has 0 radical (unpaired) electrons. The number of primary amides is 1. The first kappa shape index (κ1) is 19.7. The van der Waals surface area contributed by atoms with Crippen molar-refractivity contribution in [2.24, 2.45) is 5.73 Å². The van der Waals surface area contributed by atoms with Gasteiger partial charge in [-0.1, -0.05) is 13.0 Å². The second-order valence-corrected chi connectivity index (χ2v) is 8.76. The monoisotopic (exact) mass is 409 g/mol. The van der Waals surface area contributed by atoms with Gasteiger partial charge in [-0.25, -0.2) is 0 Å². The van der Waals surface area contributed by atoms with Crippen LogP contribution in [0, 0.1) is 6.92 Å². The molecule has 1 aromatic carbocycles. The number of amides is 2. The number of hydrogen-bond acceptors (Lipinski definition) is 3. The van der Waals surface area contributed by atoms with Gasteiger partial charge in [0.2, 0.25) is 0 Å². The Hall–Kier alpha value is -2.60. The molecule has 2 heterocycles. The Kier molecular flexibility index (Phi) is 5.21. The average Bonchev–Trinajstić information content (AvgIpc) is 3.22. The smallest absolute Gasteiger partial charge is 0.273 e. The van der Waals surface area contributed by atoms with Crippen molar-refractivity contribution in [1.82, 2.24) is 4.57 Å². The lowest BCUT2D eigenvalue weighted by molar-refractivity contribution is 0.100. The number of rotatable bonds is 5. The summed E-state index contributed by atoms with van der Waals surface area (Å²) in [7, 11) is 0. The quantitative estimate of drug-likeness (QED) is 0.633. The Balaban J connectivity index is 1.78. The second kappa shape index (κ2) is 7.67. The van der Waals surface area contributed by atoms with Gasteiger partial charge in [0.05, 0.1) is 5.56 Å². The predicted molar refractivity (Wildman–Crippen MR) is 119 cm³/mol. The highest BCUT2D eigenvalue weighted by molar-refractivity contribution is 7.17. The molecule has 1 aliphatic carbocycles. The molecule has 29 heavy (non-hydrogen) atoms. The number of carbonyl (C=O) groups excluding carboxylic acids is 2. The number of nitrogens with one attached hydrogen (secondary N) is 1. The van der Waals surface area contributed by atoms with E-state index in [1.807, 2.05) is 13.8 Å². The lowest BCUT2D eigenvalue weighted by Crippen LogP contribution is -2.21. The summed E-state index contributed by atoms with van der Waals surface area (Å²) in [6.07, 6.45) is 4.93. The van der Waals surface area contributed by atoms with E-state index in [1.54, 1.807) is 0 Å². The van der Waals surface area contributed by atoms with E-state index in [2.05, 4.69) is 35.0 Å². The molecule has 3 aromatic rings. The zero-order valence-electron chi connectivity index (χ0n) is 17.2. The van der Waals surface area contributed by atoms with Gasteiger partial charge in [0, 0.05) is 22.3 Å². The minimum absolute atomic E-state index is 0.181. The third-order valence-corrected chi connectivity index (χ3v) is 7.17. The molecule has 0 saturated carbocycles. The minimum Gasteiger partial charge on any atom is -0.365 e. The Labute approximate surface area is 174 Å². The lowest BCUT2D eigenvalue weighted by Gasteiger charge is -2.11. The third-order valence-electron chi connectivity index (χ3n) is 5.97. The van der Waals surface area contributed by atoms with Crippen molar-refractivity contribution in [2.75, 3.05) is 5.32 Å². The zero-order valence-corrected chi connectivity index (χ0v) is 18.0. The van der Waals surface area contributed by atoms with Gasteiger partial charge in [-0.2, -0.15) is 0 Å².